The Bertz CT molecular complexity index is 1180. The Kier molecular flexibility index (Phi) is 42.1. The minimum Gasteiger partial charge on any atom is -0.462 e. The number of allylic oxidation sites excluding steroid dienone is 12. The van der Waals surface area contributed by atoms with Crippen LogP contribution in [0.25, 0.3) is 0 Å². The molecule has 0 saturated carbocycles. The predicted molar refractivity (Wildman–Crippen MR) is 242 cm³/mol. The number of unbranched alkanes of at least 4 members (excludes halogenated alkanes) is 17. The van der Waals surface area contributed by atoms with Gasteiger partial charge in [0.25, 0.3) is 0 Å². The molecule has 10 heteroatoms. The molecule has 334 valence electrons. The monoisotopic (exact) mass is 834 g/mol. The first-order valence-electron chi connectivity index (χ1n) is 22.9. The van der Waals surface area contributed by atoms with E-state index < -0.39 is 32.5 Å². The first-order chi connectivity index (χ1) is 28.3. The highest BCUT2D eigenvalue weighted by molar-refractivity contribution is 7.47. The number of carbonyl (C=O) groups excluding carboxylic acids is 2. The molecular weight excluding hydrogens is 750 g/mol. The smallest absolute Gasteiger partial charge is 0.462 e. The molecule has 0 heterocycles. The molecule has 0 amide bonds. The van der Waals surface area contributed by atoms with Crippen LogP contribution in [-0.4, -0.2) is 49.3 Å². The third-order valence-corrected chi connectivity index (χ3v) is 10.3. The third kappa shape index (κ3) is 43.0. The molecule has 0 fully saturated rings. The molecule has 0 aliphatic carbocycles. The lowest BCUT2D eigenvalue weighted by Gasteiger charge is -2.19. The van der Waals surface area contributed by atoms with E-state index in [0.29, 0.717) is 6.42 Å². The van der Waals surface area contributed by atoms with Crippen LogP contribution >= 0.6 is 7.82 Å². The van der Waals surface area contributed by atoms with Crippen molar-refractivity contribution >= 4 is 19.8 Å². The minimum absolute atomic E-state index is 0.0461. The molecule has 0 aliphatic rings. The third-order valence-electron chi connectivity index (χ3n) is 9.33. The van der Waals surface area contributed by atoms with Gasteiger partial charge in [-0.3, -0.25) is 18.6 Å². The van der Waals surface area contributed by atoms with E-state index >= 15 is 0 Å². The average molecular weight is 834 g/mol. The Labute approximate surface area is 354 Å². The van der Waals surface area contributed by atoms with Gasteiger partial charge < -0.3 is 20.1 Å². The quantitative estimate of drug-likeness (QED) is 0.0267. The Morgan fingerprint density at radius 3 is 1.41 bits per heavy atom. The SMILES string of the molecule is CC/C=C\C/C=C\C/C=C\C/C=C\CCCCCCCCC(=O)OC(COC(=O)CCCCCCCCC/C=C\C/C=C\CCCCCC)COP(=O)(O)OCCN. The fourth-order valence-electron chi connectivity index (χ4n) is 5.95. The lowest BCUT2D eigenvalue weighted by molar-refractivity contribution is -0.161. The molecular formula is C48H84NO8P. The normalized spacial score (nSPS) is 13.9. The molecule has 2 atom stereocenters. The number of nitrogens with two attached hydrogens (primary N) is 1. The van der Waals surface area contributed by atoms with Crippen LogP contribution < -0.4 is 5.73 Å². The van der Waals surface area contributed by atoms with Crippen molar-refractivity contribution in [2.75, 3.05) is 26.4 Å². The fraction of sp³-hybridized carbons (Fsp3) is 0.708. The zero-order chi connectivity index (χ0) is 42.5. The molecule has 2 unspecified atom stereocenters. The summed E-state index contributed by atoms with van der Waals surface area (Å²) in [5.74, 6) is -0.857. The van der Waals surface area contributed by atoms with Crippen LogP contribution in [0.15, 0.2) is 72.9 Å². The molecule has 3 N–H and O–H groups in total. The van der Waals surface area contributed by atoms with E-state index in [1.54, 1.807) is 0 Å². The first kappa shape index (κ1) is 55.5. The number of carbonyl (C=O) groups is 2. The van der Waals surface area contributed by atoms with Crippen LogP contribution in [0.3, 0.4) is 0 Å². The highest BCUT2D eigenvalue weighted by atomic mass is 31.2. The van der Waals surface area contributed by atoms with Crippen LogP contribution in [0, 0.1) is 0 Å². The Balaban J connectivity index is 4.18. The van der Waals surface area contributed by atoms with E-state index in [1.165, 1.54) is 51.4 Å². The van der Waals surface area contributed by atoms with Crippen molar-refractivity contribution in [2.45, 2.75) is 193 Å². The molecule has 0 bridgehead atoms. The van der Waals surface area contributed by atoms with Crippen molar-refractivity contribution in [3.05, 3.63) is 72.9 Å². The minimum atomic E-state index is -4.39. The van der Waals surface area contributed by atoms with E-state index in [4.69, 9.17) is 24.3 Å². The summed E-state index contributed by atoms with van der Waals surface area (Å²) in [5, 5.41) is 0. The molecule has 0 aromatic rings. The van der Waals surface area contributed by atoms with Crippen LogP contribution in [0.5, 0.6) is 0 Å². The molecule has 0 rings (SSSR count). The molecule has 58 heavy (non-hydrogen) atoms. The largest absolute Gasteiger partial charge is 0.472 e. The van der Waals surface area contributed by atoms with Crippen molar-refractivity contribution in [1.29, 1.82) is 0 Å². The van der Waals surface area contributed by atoms with Gasteiger partial charge in [0.05, 0.1) is 13.2 Å². The van der Waals surface area contributed by atoms with Crippen molar-refractivity contribution in [2.24, 2.45) is 5.73 Å². The van der Waals surface area contributed by atoms with E-state index in [1.807, 2.05) is 0 Å². The van der Waals surface area contributed by atoms with Gasteiger partial charge in [0.1, 0.15) is 6.61 Å². The predicted octanol–water partition coefficient (Wildman–Crippen LogP) is 13.4. The van der Waals surface area contributed by atoms with Crippen molar-refractivity contribution < 1.29 is 37.6 Å². The van der Waals surface area contributed by atoms with Crippen LogP contribution in [0.4, 0.5) is 0 Å². The second-order valence-electron chi connectivity index (χ2n) is 14.9. The van der Waals surface area contributed by atoms with Gasteiger partial charge in [-0.1, -0.05) is 164 Å². The van der Waals surface area contributed by atoms with Gasteiger partial charge in [-0.2, -0.15) is 0 Å². The number of esters is 2. The summed E-state index contributed by atoms with van der Waals surface area (Å²) >= 11 is 0. The van der Waals surface area contributed by atoms with E-state index in [-0.39, 0.29) is 32.6 Å². The summed E-state index contributed by atoms with van der Waals surface area (Å²) in [6, 6.07) is 0. The molecule has 0 aliphatic heterocycles. The lowest BCUT2D eigenvalue weighted by atomic mass is 10.1. The van der Waals surface area contributed by atoms with Crippen molar-refractivity contribution in [3.63, 3.8) is 0 Å². The number of ether oxygens (including phenoxy) is 2. The summed E-state index contributed by atoms with van der Waals surface area (Å²) in [6.45, 7) is 3.57. The standard InChI is InChI=1S/C48H84NO8P/c1-3-5-7-9-11-13-15-17-19-21-23-25-27-29-31-33-35-37-39-41-48(51)57-46(45-56-58(52,53)55-43-42-49)44-54-47(50)40-38-36-34-32-30-28-26-24-22-20-18-16-14-12-10-8-6-4-2/h5,7,11,13-14,16-17,19-20,22-23,25,46H,3-4,6,8-10,12,15,18,21,24,26-45,49H2,1-2H3,(H,52,53)/b7-5-,13-11-,16-14-,19-17-,22-20-,25-23-. The number of phosphoric acid groups is 1. The summed E-state index contributed by atoms with van der Waals surface area (Å²) in [4.78, 5) is 34.9. The maximum Gasteiger partial charge on any atom is 0.472 e. The molecule has 0 aromatic carbocycles. The molecule has 0 aromatic heterocycles. The van der Waals surface area contributed by atoms with Gasteiger partial charge in [-0.15, -0.1) is 0 Å². The second kappa shape index (κ2) is 44.0. The van der Waals surface area contributed by atoms with Gasteiger partial charge in [-0.05, 0) is 83.5 Å². The zero-order valence-electron chi connectivity index (χ0n) is 36.8. The number of phosphoric ester groups is 1. The van der Waals surface area contributed by atoms with Gasteiger partial charge in [0, 0.05) is 19.4 Å². The number of hydrogen-bond acceptors (Lipinski definition) is 8. The van der Waals surface area contributed by atoms with Gasteiger partial charge in [-0.25, -0.2) is 4.57 Å². The van der Waals surface area contributed by atoms with Gasteiger partial charge in [0.2, 0.25) is 0 Å². The van der Waals surface area contributed by atoms with Crippen LogP contribution in [0.1, 0.15) is 187 Å². The Morgan fingerprint density at radius 1 is 0.534 bits per heavy atom. The van der Waals surface area contributed by atoms with E-state index in [2.05, 4.69) is 86.8 Å². The van der Waals surface area contributed by atoms with Crippen LogP contribution in [-0.2, 0) is 32.7 Å². The zero-order valence-corrected chi connectivity index (χ0v) is 37.6. The van der Waals surface area contributed by atoms with E-state index in [9.17, 15) is 19.0 Å². The first-order valence-corrected chi connectivity index (χ1v) is 24.4. The number of rotatable bonds is 42. The maximum absolute atomic E-state index is 12.6. The number of hydrogen-bond donors (Lipinski definition) is 2. The van der Waals surface area contributed by atoms with Crippen molar-refractivity contribution in [3.8, 4) is 0 Å². The second-order valence-corrected chi connectivity index (χ2v) is 16.3. The Hall–Kier alpha value is -2.55. The summed E-state index contributed by atoms with van der Waals surface area (Å²) in [5.41, 5.74) is 5.35. The summed E-state index contributed by atoms with van der Waals surface area (Å²) in [6.07, 6.45) is 53.5. The van der Waals surface area contributed by atoms with Gasteiger partial charge >= 0.3 is 19.8 Å². The average Bonchev–Trinajstić information content (AvgIpc) is 3.21. The summed E-state index contributed by atoms with van der Waals surface area (Å²) in [7, 11) is -4.39. The highest BCUT2D eigenvalue weighted by Crippen LogP contribution is 2.43. The van der Waals surface area contributed by atoms with Crippen LogP contribution in [0.2, 0.25) is 0 Å². The molecule has 0 radical (unpaired) electrons. The summed E-state index contributed by atoms with van der Waals surface area (Å²) < 4.78 is 32.8. The topological polar surface area (TPSA) is 134 Å². The fourth-order valence-corrected chi connectivity index (χ4v) is 6.71. The maximum atomic E-state index is 12.6. The molecule has 0 saturated heterocycles. The molecule has 9 nitrogen and oxygen atoms in total. The van der Waals surface area contributed by atoms with E-state index in [0.717, 1.165) is 103 Å². The van der Waals surface area contributed by atoms with Crippen molar-refractivity contribution in [1.82, 2.24) is 0 Å². The molecule has 0 spiro atoms. The Morgan fingerprint density at radius 2 is 0.948 bits per heavy atom. The lowest BCUT2D eigenvalue weighted by Crippen LogP contribution is -2.29. The van der Waals surface area contributed by atoms with Gasteiger partial charge in [0.15, 0.2) is 6.10 Å². The highest BCUT2D eigenvalue weighted by Gasteiger charge is 2.26.